The second-order valence-corrected chi connectivity index (χ2v) is 9.35. The number of ether oxygens (including phenoxy) is 1. The summed E-state index contributed by atoms with van der Waals surface area (Å²) in [4.78, 5) is 14.8. The highest BCUT2D eigenvalue weighted by molar-refractivity contribution is 7.89. The zero-order valence-electron chi connectivity index (χ0n) is 16.1. The maximum Gasteiger partial charge on any atom is 0.251 e. The molecule has 0 saturated carbocycles. The summed E-state index contributed by atoms with van der Waals surface area (Å²) >= 11 is 0. The number of likely N-dealkylation sites (tertiary alicyclic amines) is 1. The van der Waals surface area contributed by atoms with E-state index in [2.05, 4.69) is 10.2 Å². The summed E-state index contributed by atoms with van der Waals surface area (Å²) in [5.74, 6) is -0.174. The van der Waals surface area contributed by atoms with Gasteiger partial charge in [0.1, 0.15) is 0 Å². The van der Waals surface area contributed by atoms with Crippen LogP contribution in [-0.4, -0.2) is 75.0 Å². The molecule has 2 atom stereocenters. The van der Waals surface area contributed by atoms with E-state index >= 15 is 0 Å². The molecule has 1 aromatic carbocycles. The van der Waals surface area contributed by atoms with Crippen molar-refractivity contribution >= 4 is 15.9 Å². The number of morpholine rings is 1. The lowest BCUT2D eigenvalue weighted by Gasteiger charge is -2.34. The van der Waals surface area contributed by atoms with Gasteiger partial charge in [-0.1, -0.05) is 0 Å². The molecule has 0 unspecified atom stereocenters. The Hall–Kier alpha value is -1.48. The van der Waals surface area contributed by atoms with Crippen LogP contribution in [0.5, 0.6) is 0 Å². The van der Waals surface area contributed by atoms with Crippen molar-refractivity contribution in [2.24, 2.45) is 0 Å². The minimum absolute atomic E-state index is 0.135. The molecule has 0 bridgehead atoms. The summed E-state index contributed by atoms with van der Waals surface area (Å²) in [6, 6.07) is 6.17. The van der Waals surface area contributed by atoms with Crippen LogP contribution in [0.1, 0.15) is 37.0 Å². The lowest BCUT2D eigenvalue weighted by molar-refractivity contribution is -0.0440. The monoisotopic (exact) mass is 395 g/mol. The Kier molecular flexibility index (Phi) is 6.52. The number of nitrogens with one attached hydrogen (secondary N) is 1. The Bertz CT molecular complexity index is 735. The first-order chi connectivity index (χ1) is 12.9. The van der Waals surface area contributed by atoms with Gasteiger partial charge in [0.2, 0.25) is 10.0 Å². The second-order valence-electron chi connectivity index (χ2n) is 7.41. The van der Waals surface area contributed by atoms with Gasteiger partial charge in [0.15, 0.2) is 0 Å². The van der Waals surface area contributed by atoms with Crippen LogP contribution in [0.4, 0.5) is 0 Å². The quantitative estimate of drug-likeness (QED) is 0.786. The van der Waals surface area contributed by atoms with Crippen LogP contribution in [0, 0.1) is 0 Å². The Morgan fingerprint density at radius 3 is 2.30 bits per heavy atom. The molecular formula is C19H29N3O4S. The largest absolute Gasteiger partial charge is 0.373 e. The summed E-state index contributed by atoms with van der Waals surface area (Å²) in [7, 11) is -3.58. The van der Waals surface area contributed by atoms with E-state index in [1.165, 1.54) is 29.3 Å². The van der Waals surface area contributed by atoms with E-state index in [1.54, 1.807) is 12.1 Å². The summed E-state index contributed by atoms with van der Waals surface area (Å²) in [5.41, 5.74) is 0.471. The standard InChI is InChI=1S/C19H29N3O4S/c1-15-13-22(14-16(2)26-15)27(24,25)18-7-5-17(6-8-18)19(23)20-9-12-21-10-3-4-11-21/h5-8,15-16H,3-4,9-14H2,1-2H3,(H,20,23)/t15-,16-/m1/s1. The minimum atomic E-state index is -3.58. The average molecular weight is 396 g/mol. The van der Waals surface area contributed by atoms with Crippen LogP contribution >= 0.6 is 0 Å². The highest BCUT2D eigenvalue weighted by atomic mass is 32.2. The SMILES string of the molecule is C[C@@H]1CN(S(=O)(=O)c2ccc(C(=O)NCCN3CCCC3)cc2)C[C@@H](C)O1. The number of carbonyl (C=O) groups excluding carboxylic acids is 1. The lowest BCUT2D eigenvalue weighted by atomic mass is 10.2. The Labute approximate surface area is 161 Å². The smallest absolute Gasteiger partial charge is 0.251 e. The second kappa shape index (κ2) is 8.68. The van der Waals surface area contributed by atoms with Crippen molar-refractivity contribution in [1.29, 1.82) is 0 Å². The van der Waals surface area contributed by atoms with Crippen LogP contribution in [0.2, 0.25) is 0 Å². The van der Waals surface area contributed by atoms with Crippen molar-refractivity contribution in [2.75, 3.05) is 39.3 Å². The van der Waals surface area contributed by atoms with Gasteiger partial charge in [0, 0.05) is 31.7 Å². The zero-order valence-corrected chi connectivity index (χ0v) is 16.9. The van der Waals surface area contributed by atoms with Crippen molar-refractivity contribution < 1.29 is 17.9 Å². The fraction of sp³-hybridized carbons (Fsp3) is 0.632. The third-order valence-corrected chi connectivity index (χ3v) is 6.90. The van der Waals surface area contributed by atoms with Gasteiger partial charge in [0.25, 0.3) is 5.91 Å². The number of hydrogen-bond acceptors (Lipinski definition) is 5. The molecule has 0 radical (unpaired) electrons. The topological polar surface area (TPSA) is 79.0 Å². The highest BCUT2D eigenvalue weighted by Gasteiger charge is 2.32. The van der Waals surface area contributed by atoms with Crippen molar-refractivity contribution in [3.05, 3.63) is 29.8 Å². The van der Waals surface area contributed by atoms with Crippen molar-refractivity contribution in [3.8, 4) is 0 Å². The molecule has 0 aromatic heterocycles. The minimum Gasteiger partial charge on any atom is -0.373 e. The van der Waals surface area contributed by atoms with Gasteiger partial charge in [-0.05, 0) is 64.0 Å². The average Bonchev–Trinajstić information content (AvgIpc) is 3.14. The fourth-order valence-corrected chi connectivity index (χ4v) is 5.28. The van der Waals surface area contributed by atoms with Crippen LogP contribution in [-0.2, 0) is 14.8 Å². The van der Waals surface area contributed by atoms with Crippen molar-refractivity contribution in [2.45, 2.75) is 43.8 Å². The van der Waals surface area contributed by atoms with E-state index in [9.17, 15) is 13.2 Å². The van der Waals surface area contributed by atoms with Crippen LogP contribution in [0.25, 0.3) is 0 Å². The molecule has 7 nitrogen and oxygen atoms in total. The number of amides is 1. The third kappa shape index (κ3) is 5.07. The first-order valence-corrected chi connectivity index (χ1v) is 11.1. The van der Waals surface area contributed by atoms with E-state index in [-0.39, 0.29) is 23.0 Å². The molecule has 2 aliphatic rings. The molecule has 27 heavy (non-hydrogen) atoms. The molecule has 1 amide bonds. The molecule has 2 aliphatic heterocycles. The van der Waals surface area contributed by atoms with E-state index in [0.717, 1.165) is 19.6 Å². The first-order valence-electron chi connectivity index (χ1n) is 9.62. The van der Waals surface area contributed by atoms with Crippen molar-refractivity contribution in [3.63, 3.8) is 0 Å². The summed E-state index contributed by atoms with van der Waals surface area (Å²) in [6.07, 6.45) is 2.18. The molecule has 2 fully saturated rings. The number of hydrogen-bond donors (Lipinski definition) is 1. The Morgan fingerprint density at radius 1 is 1.11 bits per heavy atom. The molecule has 150 valence electrons. The number of benzene rings is 1. The molecule has 1 N–H and O–H groups in total. The van der Waals surface area contributed by atoms with Crippen molar-refractivity contribution in [1.82, 2.24) is 14.5 Å². The van der Waals surface area contributed by atoms with E-state index in [1.807, 2.05) is 13.8 Å². The van der Waals surface area contributed by atoms with Gasteiger partial charge in [-0.2, -0.15) is 4.31 Å². The van der Waals surface area contributed by atoms with Gasteiger partial charge in [-0.25, -0.2) is 8.42 Å². The summed E-state index contributed by atoms with van der Waals surface area (Å²) in [5, 5.41) is 2.90. The van der Waals surface area contributed by atoms with E-state index in [4.69, 9.17) is 4.74 Å². The van der Waals surface area contributed by atoms with Gasteiger partial charge >= 0.3 is 0 Å². The molecule has 1 aromatic rings. The van der Waals surface area contributed by atoms with Crippen LogP contribution in [0.3, 0.4) is 0 Å². The predicted octanol–water partition coefficient (Wildman–Crippen LogP) is 1.31. The number of sulfonamides is 1. The number of carbonyl (C=O) groups is 1. The van der Waals surface area contributed by atoms with Crippen LogP contribution in [0.15, 0.2) is 29.2 Å². The van der Waals surface area contributed by atoms with Gasteiger partial charge in [0.05, 0.1) is 17.1 Å². The molecule has 3 rings (SSSR count). The Morgan fingerprint density at radius 2 is 1.70 bits per heavy atom. The third-order valence-electron chi connectivity index (χ3n) is 5.05. The molecule has 0 aliphatic carbocycles. The van der Waals surface area contributed by atoms with Gasteiger partial charge in [-0.15, -0.1) is 0 Å². The van der Waals surface area contributed by atoms with Gasteiger partial charge in [-0.3, -0.25) is 4.79 Å². The maximum absolute atomic E-state index is 12.8. The lowest BCUT2D eigenvalue weighted by Crippen LogP contribution is -2.48. The predicted molar refractivity (Wildman–Crippen MR) is 103 cm³/mol. The number of nitrogens with zero attached hydrogens (tertiary/aromatic N) is 2. The maximum atomic E-state index is 12.8. The van der Waals surface area contributed by atoms with Crippen LogP contribution < -0.4 is 5.32 Å². The highest BCUT2D eigenvalue weighted by Crippen LogP contribution is 2.21. The van der Waals surface area contributed by atoms with E-state index in [0.29, 0.717) is 25.2 Å². The molecule has 2 saturated heterocycles. The fourth-order valence-electron chi connectivity index (χ4n) is 3.69. The normalized spacial score (nSPS) is 24.8. The van der Waals surface area contributed by atoms with E-state index < -0.39 is 10.0 Å². The summed E-state index contributed by atoms with van der Waals surface area (Å²) in [6.45, 7) is 8.06. The Balaban J connectivity index is 1.59. The zero-order chi connectivity index (χ0) is 19.4. The molecular weight excluding hydrogens is 366 g/mol. The molecule has 0 spiro atoms. The number of rotatable bonds is 6. The molecule has 8 heteroatoms. The van der Waals surface area contributed by atoms with Gasteiger partial charge < -0.3 is 15.0 Å². The first kappa shape index (κ1) is 20.3. The molecule has 2 heterocycles. The summed E-state index contributed by atoms with van der Waals surface area (Å²) < 4.78 is 32.8.